The van der Waals surface area contributed by atoms with Gasteiger partial charge in [0.2, 0.25) is 0 Å². The van der Waals surface area contributed by atoms with Crippen LogP contribution in [0.3, 0.4) is 0 Å². The summed E-state index contributed by atoms with van der Waals surface area (Å²) >= 11 is -2.33. The Morgan fingerprint density at radius 3 is 1.48 bits per heavy atom. The number of hydrogen-bond acceptors (Lipinski definition) is 0. The Hall–Kier alpha value is -0.0913. The predicted octanol–water partition coefficient (Wildman–Crippen LogP) is 6.19. The van der Waals surface area contributed by atoms with Crippen LogP contribution in [0.15, 0.2) is 24.3 Å². The molecule has 3 heteroatoms. The van der Waals surface area contributed by atoms with Crippen LogP contribution in [0, 0.1) is 0 Å². The zero-order valence-corrected chi connectivity index (χ0v) is 18.9. The van der Waals surface area contributed by atoms with Gasteiger partial charge in [-0.1, -0.05) is 0 Å². The summed E-state index contributed by atoms with van der Waals surface area (Å²) in [7, 11) is 3.19. The minimum absolute atomic E-state index is 0.582. The molecule has 0 unspecified atom stereocenters. The summed E-state index contributed by atoms with van der Waals surface area (Å²) in [6, 6.07) is 8.63. The first-order valence-electron chi connectivity index (χ1n) is 9.54. The first kappa shape index (κ1) is 21.0. The van der Waals surface area contributed by atoms with E-state index in [9.17, 15) is 4.48 Å². The van der Waals surface area contributed by atoms with Gasteiger partial charge in [0.25, 0.3) is 0 Å². The molecule has 0 radical (unpaired) electrons. The molecule has 0 atom stereocenters. The van der Waals surface area contributed by atoms with E-state index in [1.165, 1.54) is 51.8 Å². The summed E-state index contributed by atoms with van der Waals surface area (Å²) in [6.07, 6.45) is 8.00. The molecule has 132 valence electrons. The first-order valence-corrected chi connectivity index (χ1v) is 17.0. The van der Waals surface area contributed by atoms with E-state index in [4.69, 9.17) is 0 Å². The van der Waals surface area contributed by atoms with E-state index < -0.39 is 23.1 Å². The second kappa shape index (κ2) is 10.0. The molecule has 0 N–H and O–H groups in total. The number of halogens is 1. The van der Waals surface area contributed by atoms with Gasteiger partial charge in [-0.05, 0) is 0 Å². The van der Waals surface area contributed by atoms with E-state index in [1.807, 2.05) is 12.1 Å². The molecule has 0 heterocycles. The van der Waals surface area contributed by atoms with Gasteiger partial charge >= 0.3 is 148 Å². The van der Waals surface area contributed by atoms with Crippen LogP contribution >= 0.6 is 0 Å². The molecule has 1 aromatic carbocycles. The van der Waals surface area contributed by atoms with Crippen molar-refractivity contribution in [2.75, 3.05) is 14.1 Å². The quantitative estimate of drug-likeness (QED) is 0.291. The normalized spacial score (nSPS) is 12.6. The second-order valence-electron chi connectivity index (χ2n) is 7.45. The number of benzene rings is 1. The van der Waals surface area contributed by atoms with Gasteiger partial charge in [-0.25, -0.2) is 0 Å². The van der Waals surface area contributed by atoms with Crippen molar-refractivity contribution >= 4 is 27.6 Å². The van der Waals surface area contributed by atoms with Crippen LogP contribution in [0.1, 0.15) is 59.3 Å². The molecule has 0 spiro atoms. The van der Waals surface area contributed by atoms with Crippen molar-refractivity contribution in [2.45, 2.75) is 72.6 Å². The molecular weight excluding hydrogens is 392 g/mol. The van der Waals surface area contributed by atoms with Crippen LogP contribution in [0.5, 0.6) is 0 Å². The SMILES string of the molecule is CCC[CH2][Sn]([CH2]CCC)([CH2]CCC)[c]1ccc([N+](C)(C)F)cc1. The van der Waals surface area contributed by atoms with Crippen molar-refractivity contribution < 1.29 is 4.48 Å². The number of quaternary nitrogens is 1. The second-order valence-corrected chi connectivity index (χ2v) is 20.7. The van der Waals surface area contributed by atoms with Crippen LogP contribution in [0.2, 0.25) is 13.3 Å². The maximum atomic E-state index is 14.1. The van der Waals surface area contributed by atoms with Crippen molar-refractivity contribution in [3.8, 4) is 0 Å². The summed E-state index contributed by atoms with van der Waals surface area (Å²) < 4.78 is 19.6. The molecule has 0 aliphatic rings. The molecule has 0 aliphatic heterocycles. The van der Waals surface area contributed by atoms with Crippen molar-refractivity contribution in [3.05, 3.63) is 24.3 Å². The summed E-state index contributed by atoms with van der Waals surface area (Å²) in [5.74, 6) is 0. The van der Waals surface area contributed by atoms with E-state index in [0.29, 0.717) is 0 Å². The van der Waals surface area contributed by atoms with Gasteiger partial charge in [0, 0.05) is 0 Å². The van der Waals surface area contributed by atoms with Gasteiger partial charge in [0.05, 0.1) is 0 Å². The van der Waals surface area contributed by atoms with Crippen LogP contribution in [-0.2, 0) is 0 Å². The van der Waals surface area contributed by atoms with Crippen LogP contribution < -0.4 is 8.28 Å². The molecule has 0 aliphatic carbocycles. The van der Waals surface area contributed by atoms with E-state index in [-0.39, 0.29) is 0 Å². The van der Waals surface area contributed by atoms with Gasteiger partial charge in [0.1, 0.15) is 0 Å². The third-order valence-electron chi connectivity index (χ3n) is 5.12. The predicted molar refractivity (Wildman–Crippen MR) is 106 cm³/mol. The molecule has 1 aromatic rings. The molecule has 0 saturated heterocycles. The Morgan fingerprint density at radius 1 is 0.783 bits per heavy atom. The average molecular weight is 429 g/mol. The van der Waals surface area contributed by atoms with Crippen molar-refractivity contribution in [2.24, 2.45) is 0 Å². The zero-order chi connectivity index (χ0) is 17.3. The van der Waals surface area contributed by atoms with E-state index in [1.54, 1.807) is 17.7 Å². The van der Waals surface area contributed by atoms with Gasteiger partial charge < -0.3 is 0 Å². The average Bonchev–Trinajstić information content (AvgIpc) is 2.54. The van der Waals surface area contributed by atoms with E-state index in [0.717, 1.165) is 5.69 Å². The summed E-state index contributed by atoms with van der Waals surface area (Å²) in [5.41, 5.74) is 0.760. The third kappa shape index (κ3) is 6.37. The molecule has 1 nitrogen and oxygen atoms in total. The molecule has 0 aromatic heterocycles. The maximum absolute atomic E-state index is 14.1. The molecule has 0 saturated carbocycles. The van der Waals surface area contributed by atoms with Gasteiger partial charge in [-0.3, -0.25) is 0 Å². The Labute approximate surface area is 147 Å². The summed E-state index contributed by atoms with van der Waals surface area (Å²) in [6.45, 7) is 6.92. The Morgan fingerprint density at radius 2 is 1.17 bits per heavy atom. The van der Waals surface area contributed by atoms with Gasteiger partial charge in [-0.15, -0.1) is 0 Å². The molecule has 1 rings (SSSR count). The van der Waals surface area contributed by atoms with Crippen molar-refractivity contribution in [1.29, 1.82) is 0 Å². The fourth-order valence-electron chi connectivity index (χ4n) is 3.52. The Kier molecular flexibility index (Phi) is 9.13. The summed E-state index contributed by atoms with van der Waals surface area (Å²) in [5, 5.41) is 0. The molecule has 0 amide bonds. The van der Waals surface area contributed by atoms with Gasteiger partial charge in [-0.2, -0.15) is 0 Å². The number of hydrogen-bond donors (Lipinski definition) is 0. The molecular formula is C20H37FNSn+. The molecule has 0 bridgehead atoms. The van der Waals surface area contributed by atoms with Crippen LogP contribution in [0.25, 0.3) is 0 Å². The van der Waals surface area contributed by atoms with Crippen LogP contribution in [-0.4, -0.2) is 32.5 Å². The fourth-order valence-corrected chi connectivity index (χ4v) is 19.5. The van der Waals surface area contributed by atoms with Gasteiger partial charge in [0.15, 0.2) is 0 Å². The fraction of sp³-hybridized carbons (Fsp3) is 0.700. The topological polar surface area (TPSA) is 0 Å². The summed E-state index contributed by atoms with van der Waals surface area (Å²) in [4.78, 5) is 0. The molecule has 23 heavy (non-hydrogen) atoms. The zero-order valence-electron chi connectivity index (χ0n) is 16.0. The van der Waals surface area contributed by atoms with E-state index in [2.05, 4.69) is 32.9 Å². The number of nitrogens with zero attached hydrogens (tertiary/aromatic N) is 1. The van der Waals surface area contributed by atoms with E-state index >= 15 is 0 Å². The molecule has 0 fully saturated rings. The number of unbranched alkanes of at least 4 members (excludes halogenated alkanes) is 3. The minimum atomic E-state index is -2.33. The third-order valence-corrected chi connectivity index (χ3v) is 20.8. The van der Waals surface area contributed by atoms with Crippen molar-refractivity contribution in [3.63, 3.8) is 0 Å². The Balaban J connectivity index is 3.12. The van der Waals surface area contributed by atoms with Crippen molar-refractivity contribution in [1.82, 2.24) is 4.71 Å². The monoisotopic (exact) mass is 430 g/mol. The standard InChI is InChI=1S/C8H10FN.3C4H9.Sn/c1-10(2,9)8-6-4-3-5-7-8;3*1-3-4-2;/h4-7H,1-2H3;3*1,3-4H2,2H3;/q+1;;;;. The number of rotatable bonds is 11. The first-order chi connectivity index (χ1) is 10.9. The Bertz CT molecular complexity index is 414. The van der Waals surface area contributed by atoms with Crippen LogP contribution in [0.4, 0.5) is 10.2 Å².